The first kappa shape index (κ1) is 17.7. The summed E-state index contributed by atoms with van der Waals surface area (Å²) in [6.45, 7) is 0. The van der Waals surface area contributed by atoms with E-state index in [1.54, 1.807) is 0 Å². The SMILES string of the molecule is Clc1ccc2c(c1)C1(c3ccccc3-c3ccccc31)c1ccc3oc4ccccc4c3c1-2. The molecule has 0 unspecified atom stereocenters. The Morgan fingerprint density at radius 3 is 2.03 bits per heavy atom. The van der Waals surface area contributed by atoms with Gasteiger partial charge in [0.2, 0.25) is 0 Å². The zero-order chi connectivity index (χ0) is 21.7. The van der Waals surface area contributed by atoms with Gasteiger partial charge in [-0.05, 0) is 68.8 Å². The molecule has 33 heavy (non-hydrogen) atoms. The second kappa shape index (κ2) is 5.95. The van der Waals surface area contributed by atoms with E-state index in [9.17, 15) is 0 Å². The Bertz CT molecular complexity index is 1740. The lowest BCUT2D eigenvalue weighted by atomic mass is 9.70. The summed E-state index contributed by atoms with van der Waals surface area (Å²) in [6, 6.07) is 36.8. The van der Waals surface area contributed by atoms with E-state index in [0.29, 0.717) is 0 Å². The molecule has 0 saturated carbocycles. The van der Waals surface area contributed by atoms with Crippen LogP contribution in [-0.2, 0) is 5.41 Å². The number of rotatable bonds is 0. The number of hydrogen-bond acceptors (Lipinski definition) is 1. The average Bonchev–Trinajstić information content (AvgIpc) is 3.47. The molecule has 0 saturated heterocycles. The van der Waals surface area contributed by atoms with Crippen molar-refractivity contribution >= 4 is 33.5 Å². The lowest BCUT2D eigenvalue weighted by Gasteiger charge is -2.30. The van der Waals surface area contributed by atoms with E-state index >= 15 is 0 Å². The van der Waals surface area contributed by atoms with Crippen LogP contribution < -0.4 is 0 Å². The van der Waals surface area contributed by atoms with Gasteiger partial charge in [-0.15, -0.1) is 0 Å². The first-order chi connectivity index (χ1) is 16.3. The number of benzene rings is 5. The Balaban J connectivity index is 1.65. The maximum absolute atomic E-state index is 6.66. The molecule has 0 atom stereocenters. The molecule has 0 radical (unpaired) electrons. The highest BCUT2D eigenvalue weighted by Crippen LogP contribution is 2.64. The van der Waals surface area contributed by atoms with Gasteiger partial charge in [0, 0.05) is 15.8 Å². The van der Waals surface area contributed by atoms with Gasteiger partial charge >= 0.3 is 0 Å². The number of furan rings is 1. The van der Waals surface area contributed by atoms with Crippen LogP contribution in [0.15, 0.2) is 108 Å². The van der Waals surface area contributed by atoms with Crippen LogP contribution in [0.2, 0.25) is 5.02 Å². The first-order valence-electron chi connectivity index (χ1n) is 11.2. The van der Waals surface area contributed by atoms with Crippen molar-refractivity contribution in [1.82, 2.24) is 0 Å². The van der Waals surface area contributed by atoms with Crippen LogP contribution in [0, 0.1) is 0 Å². The summed E-state index contributed by atoms with van der Waals surface area (Å²) in [5, 5.41) is 3.10. The van der Waals surface area contributed by atoms with E-state index in [1.807, 2.05) is 12.1 Å². The van der Waals surface area contributed by atoms with Crippen molar-refractivity contribution in [2.45, 2.75) is 5.41 Å². The third kappa shape index (κ3) is 1.97. The van der Waals surface area contributed by atoms with Crippen LogP contribution in [0.5, 0.6) is 0 Å². The molecule has 154 valence electrons. The predicted molar refractivity (Wildman–Crippen MR) is 135 cm³/mol. The Morgan fingerprint density at radius 2 is 1.24 bits per heavy atom. The predicted octanol–water partition coefficient (Wildman–Crippen LogP) is 8.58. The molecule has 1 heterocycles. The highest BCUT2D eigenvalue weighted by Gasteiger charge is 2.52. The highest BCUT2D eigenvalue weighted by atomic mass is 35.5. The summed E-state index contributed by atoms with van der Waals surface area (Å²) in [5.74, 6) is 0. The van der Waals surface area contributed by atoms with Gasteiger partial charge in [0.1, 0.15) is 11.2 Å². The van der Waals surface area contributed by atoms with Crippen LogP contribution in [0.25, 0.3) is 44.2 Å². The van der Waals surface area contributed by atoms with Crippen LogP contribution in [0.3, 0.4) is 0 Å². The van der Waals surface area contributed by atoms with E-state index in [1.165, 1.54) is 49.9 Å². The van der Waals surface area contributed by atoms with Gasteiger partial charge in [-0.1, -0.05) is 90.5 Å². The van der Waals surface area contributed by atoms with Crippen molar-refractivity contribution in [2.75, 3.05) is 0 Å². The molecule has 1 nitrogen and oxygen atoms in total. The van der Waals surface area contributed by atoms with E-state index in [4.69, 9.17) is 16.0 Å². The molecular weight excluding hydrogens is 424 g/mol. The Hall–Kier alpha value is -3.81. The molecule has 2 aliphatic carbocycles. The summed E-state index contributed by atoms with van der Waals surface area (Å²) in [5.41, 5.74) is 11.7. The fourth-order valence-electron chi connectivity index (χ4n) is 6.41. The van der Waals surface area contributed by atoms with Crippen molar-refractivity contribution < 1.29 is 4.42 Å². The molecule has 0 amide bonds. The van der Waals surface area contributed by atoms with Crippen molar-refractivity contribution in [3.8, 4) is 22.3 Å². The zero-order valence-electron chi connectivity index (χ0n) is 17.6. The monoisotopic (exact) mass is 440 g/mol. The molecule has 0 aliphatic heterocycles. The summed E-state index contributed by atoms with van der Waals surface area (Å²) < 4.78 is 6.28. The van der Waals surface area contributed by atoms with Gasteiger partial charge in [0.05, 0.1) is 5.41 Å². The van der Waals surface area contributed by atoms with Crippen molar-refractivity contribution in [3.05, 3.63) is 130 Å². The van der Waals surface area contributed by atoms with Gasteiger partial charge in [0.15, 0.2) is 0 Å². The van der Waals surface area contributed by atoms with Gasteiger partial charge in [-0.3, -0.25) is 0 Å². The minimum absolute atomic E-state index is 0.394. The summed E-state index contributed by atoms with van der Waals surface area (Å²) >= 11 is 6.66. The lowest BCUT2D eigenvalue weighted by Crippen LogP contribution is -2.25. The molecule has 2 heteroatoms. The molecule has 6 aromatic rings. The molecule has 0 fully saturated rings. The minimum atomic E-state index is -0.394. The second-order valence-corrected chi connectivity index (χ2v) is 9.43. The van der Waals surface area contributed by atoms with E-state index in [0.717, 1.165) is 21.6 Å². The molecular formula is C31H17ClO. The third-order valence-corrected chi connectivity index (χ3v) is 7.79. The summed E-state index contributed by atoms with van der Waals surface area (Å²) in [6.07, 6.45) is 0. The first-order valence-corrected chi connectivity index (χ1v) is 11.6. The second-order valence-electron chi connectivity index (χ2n) is 8.99. The molecule has 0 N–H and O–H groups in total. The fourth-order valence-corrected chi connectivity index (χ4v) is 6.59. The Morgan fingerprint density at radius 1 is 0.545 bits per heavy atom. The van der Waals surface area contributed by atoms with Crippen molar-refractivity contribution in [3.63, 3.8) is 0 Å². The number of fused-ring (bicyclic) bond motifs is 14. The van der Waals surface area contributed by atoms with Crippen LogP contribution in [-0.4, -0.2) is 0 Å². The van der Waals surface area contributed by atoms with Crippen LogP contribution in [0.1, 0.15) is 22.3 Å². The smallest absolute Gasteiger partial charge is 0.136 e. The van der Waals surface area contributed by atoms with Crippen LogP contribution in [0.4, 0.5) is 0 Å². The standard InChI is InChI=1S/C31H17ClO/c32-18-13-14-21-26(17-18)31(23-10-4-1-7-19(23)20-8-2-5-11-24(20)31)25-15-16-28-30(29(21)25)22-9-3-6-12-27(22)33-28/h1-17H. The normalized spacial score (nSPS) is 14.5. The van der Waals surface area contributed by atoms with E-state index < -0.39 is 5.41 Å². The molecule has 5 aromatic carbocycles. The van der Waals surface area contributed by atoms with E-state index in [-0.39, 0.29) is 0 Å². The topological polar surface area (TPSA) is 13.1 Å². The fraction of sp³-hybridized carbons (Fsp3) is 0.0323. The molecule has 2 aliphatic rings. The Kier molecular flexibility index (Phi) is 3.19. The van der Waals surface area contributed by atoms with E-state index in [2.05, 4.69) is 91.0 Å². The van der Waals surface area contributed by atoms with Crippen LogP contribution >= 0.6 is 11.6 Å². The largest absolute Gasteiger partial charge is 0.456 e. The van der Waals surface area contributed by atoms with Crippen molar-refractivity contribution in [1.29, 1.82) is 0 Å². The van der Waals surface area contributed by atoms with Gasteiger partial charge in [0.25, 0.3) is 0 Å². The minimum Gasteiger partial charge on any atom is -0.456 e. The molecule has 8 rings (SSSR count). The number of para-hydroxylation sites is 1. The summed E-state index contributed by atoms with van der Waals surface area (Å²) in [4.78, 5) is 0. The molecule has 0 bridgehead atoms. The van der Waals surface area contributed by atoms with Gasteiger partial charge in [-0.25, -0.2) is 0 Å². The van der Waals surface area contributed by atoms with Gasteiger partial charge < -0.3 is 4.42 Å². The van der Waals surface area contributed by atoms with Crippen molar-refractivity contribution in [2.24, 2.45) is 0 Å². The Labute approximate surface area is 195 Å². The average molecular weight is 441 g/mol. The lowest BCUT2D eigenvalue weighted by molar-refractivity contribution is 0.668. The maximum Gasteiger partial charge on any atom is 0.136 e. The highest BCUT2D eigenvalue weighted by molar-refractivity contribution is 6.31. The third-order valence-electron chi connectivity index (χ3n) is 7.55. The zero-order valence-corrected chi connectivity index (χ0v) is 18.4. The molecule has 1 aromatic heterocycles. The quantitative estimate of drug-likeness (QED) is 0.230. The summed E-state index contributed by atoms with van der Waals surface area (Å²) in [7, 11) is 0. The number of hydrogen-bond donors (Lipinski definition) is 0. The molecule has 1 spiro atoms. The number of halogens is 1. The maximum atomic E-state index is 6.66. The van der Waals surface area contributed by atoms with Gasteiger partial charge in [-0.2, -0.15) is 0 Å².